The van der Waals surface area contributed by atoms with Gasteiger partial charge in [0.05, 0.1) is 4.90 Å². The largest absolute Gasteiger partial charge is 0.365 e. The molecule has 9 heteroatoms. The van der Waals surface area contributed by atoms with E-state index in [2.05, 4.69) is 0 Å². The fourth-order valence-corrected chi connectivity index (χ4v) is 4.63. The van der Waals surface area contributed by atoms with Crippen LogP contribution in [0.15, 0.2) is 23.1 Å². The van der Waals surface area contributed by atoms with E-state index in [1.54, 1.807) is 11.8 Å². The number of carbonyl (C=O) groups excluding carboxylic acids is 1. The zero-order valence-electron chi connectivity index (χ0n) is 13.9. The van der Waals surface area contributed by atoms with Crippen LogP contribution in [0.5, 0.6) is 0 Å². The molecule has 0 aromatic heterocycles. The van der Waals surface area contributed by atoms with E-state index in [1.165, 1.54) is 4.31 Å². The lowest BCUT2D eigenvalue weighted by molar-refractivity contribution is -0.152. The molecule has 2 saturated heterocycles. The van der Waals surface area contributed by atoms with Gasteiger partial charge in [-0.05, 0) is 38.0 Å². The molecule has 1 aromatic carbocycles. The molecule has 2 aliphatic rings. The van der Waals surface area contributed by atoms with Crippen molar-refractivity contribution >= 4 is 15.9 Å². The fraction of sp³-hybridized carbons (Fsp3) is 0.562. The number of benzene rings is 1. The van der Waals surface area contributed by atoms with Crippen LogP contribution >= 0.6 is 0 Å². The van der Waals surface area contributed by atoms with E-state index in [0.29, 0.717) is 19.1 Å². The molecule has 0 N–H and O–H groups in total. The lowest BCUT2D eigenvalue weighted by atomic mass is 10.0. The summed E-state index contributed by atoms with van der Waals surface area (Å²) in [5.41, 5.74) is -0.832. The van der Waals surface area contributed by atoms with E-state index in [9.17, 15) is 22.0 Å². The van der Waals surface area contributed by atoms with Gasteiger partial charge < -0.3 is 9.64 Å². The molecular weight excluding hydrogens is 354 g/mol. The minimum absolute atomic E-state index is 0.100. The van der Waals surface area contributed by atoms with Crippen molar-refractivity contribution < 1.29 is 26.7 Å². The number of hydrogen-bond donors (Lipinski definition) is 0. The highest BCUT2D eigenvalue weighted by Crippen LogP contribution is 2.28. The van der Waals surface area contributed by atoms with Crippen LogP contribution in [0.25, 0.3) is 0 Å². The van der Waals surface area contributed by atoms with Crippen LogP contribution in [-0.2, 0) is 19.6 Å². The van der Waals surface area contributed by atoms with Crippen LogP contribution in [-0.4, -0.2) is 61.9 Å². The maximum absolute atomic E-state index is 13.3. The van der Waals surface area contributed by atoms with Gasteiger partial charge in [-0.2, -0.15) is 4.31 Å². The second-order valence-corrected chi connectivity index (χ2v) is 8.39. The first kappa shape index (κ1) is 18.2. The molecular formula is C16H20F2N2O4S. The third-order valence-corrected chi connectivity index (χ3v) is 6.62. The van der Waals surface area contributed by atoms with Crippen LogP contribution in [0, 0.1) is 11.6 Å². The van der Waals surface area contributed by atoms with E-state index >= 15 is 0 Å². The molecule has 1 amide bonds. The van der Waals surface area contributed by atoms with Gasteiger partial charge in [-0.1, -0.05) is 0 Å². The predicted octanol–water partition coefficient (Wildman–Crippen LogP) is 1.37. The molecule has 1 atom stereocenters. The first-order valence-corrected chi connectivity index (χ1v) is 9.57. The van der Waals surface area contributed by atoms with Crippen LogP contribution < -0.4 is 0 Å². The van der Waals surface area contributed by atoms with Crippen molar-refractivity contribution in [2.75, 3.05) is 32.8 Å². The van der Waals surface area contributed by atoms with Gasteiger partial charge in [-0.25, -0.2) is 17.2 Å². The van der Waals surface area contributed by atoms with Gasteiger partial charge in [-0.15, -0.1) is 0 Å². The van der Waals surface area contributed by atoms with Gasteiger partial charge in [0.1, 0.15) is 5.60 Å². The molecule has 0 bridgehead atoms. The molecule has 1 aromatic rings. The zero-order valence-corrected chi connectivity index (χ0v) is 14.7. The molecule has 0 spiro atoms. The summed E-state index contributed by atoms with van der Waals surface area (Å²) in [4.78, 5) is 13.9. The Balaban J connectivity index is 1.69. The molecule has 0 radical (unpaired) electrons. The number of hydrogen-bond acceptors (Lipinski definition) is 4. The summed E-state index contributed by atoms with van der Waals surface area (Å²) < 4.78 is 58.2. The number of nitrogens with zero attached hydrogens (tertiary/aromatic N) is 2. The van der Waals surface area contributed by atoms with Crippen molar-refractivity contribution in [3.05, 3.63) is 29.8 Å². The maximum atomic E-state index is 13.3. The fourth-order valence-electron chi connectivity index (χ4n) is 3.20. The topological polar surface area (TPSA) is 66.9 Å². The molecule has 2 aliphatic heterocycles. The monoisotopic (exact) mass is 374 g/mol. The molecule has 0 saturated carbocycles. The van der Waals surface area contributed by atoms with Crippen LogP contribution in [0.1, 0.15) is 19.8 Å². The molecule has 3 rings (SSSR count). The summed E-state index contributed by atoms with van der Waals surface area (Å²) in [6, 6.07) is 2.51. The summed E-state index contributed by atoms with van der Waals surface area (Å²) in [7, 11) is -3.93. The van der Waals surface area contributed by atoms with Gasteiger partial charge in [0.25, 0.3) is 5.91 Å². The predicted molar refractivity (Wildman–Crippen MR) is 85.3 cm³/mol. The van der Waals surface area contributed by atoms with Gasteiger partial charge in [0, 0.05) is 32.8 Å². The summed E-state index contributed by atoms with van der Waals surface area (Å²) >= 11 is 0. The quantitative estimate of drug-likeness (QED) is 0.802. The average molecular weight is 374 g/mol. The lowest BCUT2D eigenvalue weighted by Gasteiger charge is -2.37. The van der Waals surface area contributed by atoms with Crippen molar-refractivity contribution in [2.24, 2.45) is 0 Å². The van der Waals surface area contributed by atoms with Crippen LogP contribution in [0.4, 0.5) is 8.78 Å². The van der Waals surface area contributed by atoms with Crippen LogP contribution in [0.3, 0.4) is 0 Å². The third-order valence-electron chi connectivity index (χ3n) is 4.73. The standard InChI is InChI=1S/C16H20F2N2O4S/c1-16(5-2-10-24-16)15(21)19-6-8-20(9-7-19)25(22,23)12-3-4-13(17)14(18)11-12/h3-4,11H,2,5-10H2,1H3. The van der Waals surface area contributed by atoms with Crippen molar-refractivity contribution in [1.82, 2.24) is 9.21 Å². The number of carbonyl (C=O) groups is 1. The molecule has 25 heavy (non-hydrogen) atoms. The number of halogens is 2. The second-order valence-electron chi connectivity index (χ2n) is 6.46. The highest BCUT2D eigenvalue weighted by Gasteiger charge is 2.42. The van der Waals surface area contributed by atoms with Crippen molar-refractivity contribution in [3.63, 3.8) is 0 Å². The Hall–Kier alpha value is -1.58. The number of amides is 1. The maximum Gasteiger partial charge on any atom is 0.254 e. The van der Waals surface area contributed by atoms with E-state index in [-0.39, 0.29) is 37.0 Å². The van der Waals surface area contributed by atoms with Crippen molar-refractivity contribution in [1.29, 1.82) is 0 Å². The molecule has 0 aliphatic carbocycles. The summed E-state index contributed by atoms with van der Waals surface area (Å²) in [5.74, 6) is -2.43. The van der Waals surface area contributed by atoms with E-state index < -0.39 is 27.3 Å². The Morgan fingerprint density at radius 3 is 2.40 bits per heavy atom. The lowest BCUT2D eigenvalue weighted by Crippen LogP contribution is -2.55. The number of sulfonamides is 1. The van der Waals surface area contributed by atoms with E-state index in [4.69, 9.17) is 4.74 Å². The average Bonchev–Trinajstić information content (AvgIpc) is 3.04. The molecule has 138 valence electrons. The van der Waals surface area contributed by atoms with Gasteiger partial charge in [-0.3, -0.25) is 4.79 Å². The normalized spacial score (nSPS) is 25.3. The highest BCUT2D eigenvalue weighted by molar-refractivity contribution is 7.89. The Labute approximate surface area is 145 Å². The van der Waals surface area contributed by atoms with Gasteiger partial charge in [0.2, 0.25) is 10.0 Å². The zero-order chi connectivity index (χ0) is 18.2. The Kier molecular flexibility index (Phi) is 4.82. The highest BCUT2D eigenvalue weighted by atomic mass is 32.2. The third kappa shape index (κ3) is 3.40. The Morgan fingerprint density at radius 2 is 1.84 bits per heavy atom. The van der Waals surface area contributed by atoms with Crippen molar-refractivity contribution in [3.8, 4) is 0 Å². The van der Waals surface area contributed by atoms with Gasteiger partial charge >= 0.3 is 0 Å². The van der Waals surface area contributed by atoms with Gasteiger partial charge in [0.15, 0.2) is 11.6 Å². The molecule has 2 fully saturated rings. The van der Waals surface area contributed by atoms with Crippen molar-refractivity contribution in [2.45, 2.75) is 30.3 Å². The van der Waals surface area contributed by atoms with E-state index in [0.717, 1.165) is 18.6 Å². The smallest absolute Gasteiger partial charge is 0.254 e. The summed E-state index contributed by atoms with van der Waals surface area (Å²) in [5, 5.41) is 0. The minimum atomic E-state index is -3.93. The van der Waals surface area contributed by atoms with Crippen LogP contribution in [0.2, 0.25) is 0 Å². The molecule has 2 heterocycles. The Morgan fingerprint density at radius 1 is 1.16 bits per heavy atom. The summed E-state index contributed by atoms with van der Waals surface area (Å²) in [6.07, 6.45) is 1.48. The SMILES string of the molecule is CC1(C(=O)N2CCN(S(=O)(=O)c3ccc(F)c(F)c3)CC2)CCCO1. The number of piperazine rings is 1. The second kappa shape index (κ2) is 6.62. The molecule has 6 nitrogen and oxygen atoms in total. The molecule has 1 unspecified atom stereocenters. The summed E-state index contributed by atoms with van der Waals surface area (Å²) in [6.45, 7) is 2.98. The number of ether oxygens (including phenoxy) is 1. The first-order valence-electron chi connectivity index (χ1n) is 8.13. The minimum Gasteiger partial charge on any atom is -0.365 e. The Bertz CT molecular complexity index is 770. The van der Waals surface area contributed by atoms with E-state index in [1.807, 2.05) is 0 Å². The number of rotatable bonds is 3. The first-order chi connectivity index (χ1) is 11.7.